The number of aromatic nitrogens is 3. The van der Waals surface area contributed by atoms with Crippen molar-refractivity contribution in [1.82, 2.24) is 20.1 Å². The van der Waals surface area contributed by atoms with E-state index in [2.05, 4.69) is 31.1 Å². The molecule has 0 bridgehead atoms. The van der Waals surface area contributed by atoms with Gasteiger partial charge in [-0.2, -0.15) is 10.2 Å². The molecule has 0 aliphatic heterocycles. The summed E-state index contributed by atoms with van der Waals surface area (Å²) in [6, 6.07) is 23.6. The minimum Gasteiger partial charge on any atom is -0.342 e. The zero-order chi connectivity index (χ0) is 26.2. The van der Waals surface area contributed by atoms with E-state index in [1.54, 1.807) is 41.0 Å². The van der Waals surface area contributed by atoms with Gasteiger partial charge in [-0.15, -0.1) is 10.2 Å². The van der Waals surface area contributed by atoms with Crippen molar-refractivity contribution in [3.63, 3.8) is 0 Å². The molecular formula is C27H27N7O2S. The third-order valence-electron chi connectivity index (χ3n) is 5.44. The normalized spacial score (nSPS) is 11.9. The van der Waals surface area contributed by atoms with Gasteiger partial charge < -0.3 is 15.2 Å². The Morgan fingerprint density at radius 3 is 2.24 bits per heavy atom. The number of hydrogen-bond donors (Lipinski definition) is 2. The Kier molecular flexibility index (Phi) is 8.42. The second-order valence-corrected chi connectivity index (χ2v) is 9.32. The maximum atomic E-state index is 12.5. The predicted molar refractivity (Wildman–Crippen MR) is 144 cm³/mol. The number of azo groups is 1. The molecule has 1 aromatic heterocycles. The molecule has 0 saturated heterocycles. The number of carbonyl (C=O) groups is 2. The van der Waals surface area contributed by atoms with Crippen LogP contribution in [0.15, 0.2) is 94.2 Å². The zero-order valence-corrected chi connectivity index (χ0v) is 21.6. The van der Waals surface area contributed by atoms with Gasteiger partial charge in [0.1, 0.15) is 0 Å². The van der Waals surface area contributed by atoms with Crippen LogP contribution in [-0.2, 0) is 11.8 Å². The van der Waals surface area contributed by atoms with Crippen LogP contribution in [0.2, 0.25) is 0 Å². The van der Waals surface area contributed by atoms with Crippen molar-refractivity contribution >= 4 is 40.6 Å². The molecule has 0 saturated carbocycles. The highest BCUT2D eigenvalue weighted by molar-refractivity contribution is 7.99. The smallest absolute Gasteiger partial charge is 0.251 e. The lowest BCUT2D eigenvalue weighted by Gasteiger charge is -2.13. The molecule has 9 nitrogen and oxygen atoms in total. The Morgan fingerprint density at radius 1 is 0.919 bits per heavy atom. The van der Waals surface area contributed by atoms with E-state index < -0.39 is 0 Å². The van der Waals surface area contributed by atoms with E-state index in [1.807, 2.05) is 63.4 Å². The molecule has 0 spiro atoms. The molecule has 0 fully saturated rings. The van der Waals surface area contributed by atoms with Gasteiger partial charge in [-0.3, -0.25) is 9.59 Å². The van der Waals surface area contributed by atoms with Crippen LogP contribution in [0, 0.1) is 6.92 Å². The number of thioether (sulfide) groups is 1. The van der Waals surface area contributed by atoms with Crippen molar-refractivity contribution in [2.24, 2.45) is 17.3 Å². The fourth-order valence-corrected chi connectivity index (χ4v) is 4.15. The van der Waals surface area contributed by atoms with Crippen LogP contribution >= 0.6 is 11.8 Å². The Morgan fingerprint density at radius 2 is 1.57 bits per heavy atom. The first kappa shape index (κ1) is 25.8. The van der Waals surface area contributed by atoms with Crippen LogP contribution in [0.1, 0.15) is 34.7 Å². The minimum absolute atomic E-state index is 0.158. The predicted octanol–water partition coefficient (Wildman–Crippen LogP) is 5.76. The van der Waals surface area contributed by atoms with Crippen molar-refractivity contribution in [3.8, 4) is 0 Å². The summed E-state index contributed by atoms with van der Waals surface area (Å²) in [5.74, 6) is 0.403. The van der Waals surface area contributed by atoms with Crippen LogP contribution < -0.4 is 10.6 Å². The summed E-state index contributed by atoms with van der Waals surface area (Å²) >= 11 is 1.27. The maximum absolute atomic E-state index is 12.5. The molecule has 0 unspecified atom stereocenters. The third kappa shape index (κ3) is 7.11. The van der Waals surface area contributed by atoms with Crippen LogP contribution in [0.5, 0.6) is 0 Å². The Labute approximate surface area is 219 Å². The number of hydrogen-bond acceptors (Lipinski definition) is 7. The molecule has 1 heterocycles. The summed E-state index contributed by atoms with van der Waals surface area (Å²) in [5, 5.41) is 23.2. The van der Waals surface area contributed by atoms with Gasteiger partial charge in [-0.05, 0) is 62.4 Å². The van der Waals surface area contributed by atoms with E-state index in [9.17, 15) is 9.59 Å². The quantitative estimate of drug-likeness (QED) is 0.218. The van der Waals surface area contributed by atoms with Gasteiger partial charge in [0.25, 0.3) is 5.91 Å². The van der Waals surface area contributed by atoms with Crippen LogP contribution in [-0.4, -0.2) is 32.3 Å². The number of amides is 2. The second-order valence-electron chi connectivity index (χ2n) is 8.38. The summed E-state index contributed by atoms with van der Waals surface area (Å²) in [5.41, 5.74) is 3.79. The lowest BCUT2D eigenvalue weighted by molar-refractivity contribution is -0.113. The van der Waals surface area contributed by atoms with Crippen molar-refractivity contribution < 1.29 is 9.59 Å². The van der Waals surface area contributed by atoms with Gasteiger partial charge in [-0.1, -0.05) is 47.7 Å². The van der Waals surface area contributed by atoms with Crippen molar-refractivity contribution in [2.45, 2.75) is 25.0 Å². The molecule has 37 heavy (non-hydrogen) atoms. The van der Waals surface area contributed by atoms with E-state index in [0.29, 0.717) is 27.9 Å². The number of nitrogens with zero attached hydrogens (tertiary/aromatic N) is 5. The number of anilines is 1. The highest BCUT2D eigenvalue weighted by Crippen LogP contribution is 2.22. The molecule has 3 aromatic carbocycles. The van der Waals surface area contributed by atoms with Crippen LogP contribution in [0.25, 0.3) is 0 Å². The molecule has 188 valence electrons. The number of carbonyl (C=O) groups excluding carboxylic acids is 2. The fourth-order valence-electron chi connectivity index (χ4n) is 3.43. The minimum atomic E-state index is -0.355. The standard InChI is InChI=1S/C27H27N7O2S/c1-18-9-11-20(12-10-18)26(36)28-19(2)25-32-33-27(34(25)3)37-17-24(35)29-21-13-15-23(16-14-21)31-30-22-7-5-4-6-8-22/h4-16,19H,17H2,1-3H3,(H,28,36)(H,29,35)/t19-/m0/s1. The van der Waals surface area contributed by atoms with Crippen molar-refractivity contribution in [1.29, 1.82) is 0 Å². The largest absolute Gasteiger partial charge is 0.342 e. The summed E-state index contributed by atoms with van der Waals surface area (Å²) in [7, 11) is 1.81. The van der Waals surface area contributed by atoms with Gasteiger partial charge in [0.2, 0.25) is 5.91 Å². The average Bonchev–Trinajstić information content (AvgIpc) is 3.28. The van der Waals surface area contributed by atoms with Crippen LogP contribution in [0.4, 0.5) is 17.1 Å². The molecular weight excluding hydrogens is 486 g/mol. The summed E-state index contributed by atoms with van der Waals surface area (Å²) in [6.45, 7) is 3.82. The molecule has 0 aliphatic rings. The molecule has 4 rings (SSSR count). The van der Waals surface area contributed by atoms with E-state index in [-0.39, 0.29) is 23.6 Å². The maximum Gasteiger partial charge on any atom is 0.251 e. The molecule has 0 radical (unpaired) electrons. The van der Waals surface area contributed by atoms with Crippen molar-refractivity contribution in [3.05, 3.63) is 95.8 Å². The molecule has 0 aliphatic carbocycles. The number of nitrogens with one attached hydrogen (secondary N) is 2. The number of benzene rings is 3. The number of aryl methyl sites for hydroxylation is 1. The van der Waals surface area contributed by atoms with Gasteiger partial charge in [-0.25, -0.2) is 0 Å². The third-order valence-corrected chi connectivity index (χ3v) is 6.46. The van der Waals surface area contributed by atoms with E-state index >= 15 is 0 Å². The lowest BCUT2D eigenvalue weighted by Crippen LogP contribution is -2.28. The Balaban J connectivity index is 1.28. The highest BCUT2D eigenvalue weighted by atomic mass is 32.2. The SMILES string of the molecule is Cc1ccc(C(=O)N[C@@H](C)c2nnc(SCC(=O)Nc3ccc(N=Nc4ccccc4)cc3)n2C)cc1. The Hall–Kier alpha value is -4.31. The van der Waals surface area contributed by atoms with Gasteiger partial charge >= 0.3 is 0 Å². The highest BCUT2D eigenvalue weighted by Gasteiger charge is 2.19. The van der Waals surface area contributed by atoms with Gasteiger partial charge in [0, 0.05) is 18.3 Å². The summed E-state index contributed by atoms with van der Waals surface area (Å²) in [4.78, 5) is 25.0. The van der Waals surface area contributed by atoms with E-state index in [0.717, 1.165) is 11.3 Å². The topological polar surface area (TPSA) is 114 Å². The van der Waals surface area contributed by atoms with Gasteiger partial charge in [0.15, 0.2) is 11.0 Å². The average molecular weight is 514 g/mol. The first-order chi connectivity index (χ1) is 17.9. The van der Waals surface area contributed by atoms with E-state index in [4.69, 9.17) is 0 Å². The van der Waals surface area contributed by atoms with E-state index in [1.165, 1.54) is 11.8 Å². The first-order valence-electron chi connectivity index (χ1n) is 11.7. The Bertz CT molecular complexity index is 1380. The fraction of sp³-hybridized carbons (Fsp3) is 0.185. The molecule has 1 atom stereocenters. The second kappa shape index (κ2) is 12.1. The zero-order valence-electron chi connectivity index (χ0n) is 20.8. The van der Waals surface area contributed by atoms with Crippen molar-refractivity contribution in [2.75, 3.05) is 11.1 Å². The van der Waals surface area contributed by atoms with Gasteiger partial charge in [0.05, 0.1) is 23.2 Å². The molecule has 10 heteroatoms. The number of rotatable bonds is 9. The molecule has 4 aromatic rings. The summed E-state index contributed by atoms with van der Waals surface area (Å²) in [6.07, 6.45) is 0. The van der Waals surface area contributed by atoms with Crippen LogP contribution in [0.3, 0.4) is 0 Å². The molecule has 2 amide bonds. The lowest BCUT2D eigenvalue weighted by atomic mass is 10.1. The monoisotopic (exact) mass is 513 g/mol. The summed E-state index contributed by atoms with van der Waals surface area (Å²) < 4.78 is 1.78. The molecule has 2 N–H and O–H groups in total. The first-order valence-corrected chi connectivity index (χ1v) is 12.6.